The van der Waals surface area contributed by atoms with Crippen molar-refractivity contribution in [1.82, 2.24) is 0 Å². The third-order valence-corrected chi connectivity index (χ3v) is 3.04. The van der Waals surface area contributed by atoms with Crippen molar-refractivity contribution in [2.75, 3.05) is 11.9 Å². The second-order valence-corrected chi connectivity index (χ2v) is 4.73. The van der Waals surface area contributed by atoms with Crippen molar-refractivity contribution in [2.45, 2.75) is 18.7 Å². The molecular formula is C11H11ClF3N4O2+. The number of carbonyl (C=O) groups excluding carboxylic acids is 1. The van der Waals surface area contributed by atoms with Crippen LogP contribution >= 0.6 is 11.6 Å². The summed E-state index contributed by atoms with van der Waals surface area (Å²) in [5.74, 6) is -0.461. The lowest BCUT2D eigenvalue weighted by Gasteiger charge is -2.08. The van der Waals surface area contributed by atoms with Gasteiger partial charge in [-0.1, -0.05) is 16.8 Å². The molecule has 1 aliphatic rings. The molecule has 10 heteroatoms. The zero-order valence-electron chi connectivity index (χ0n) is 10.5. The van der Waals surface area contributed by atoms with Crippen LogP contribution in [-0.2, 0) is 15.8 Å². The van der Waals surface area contributed by atoms with Crippen molar-refractivity contribution in [3.8, 4) is 0 Å². The van der Waals surface area contributed by atoms with E-state index in [1.165, 1.54) is 0 Å². The van der Waals surface area contributed by atoms with E-state index in [9.17, 15) is 18.0 Å². The van der Waals surface area contributed by atoms with Gasteiger partial charge >= 0.3 is 6.18 Å². The molecule has 0 radical (unpaired) electrons. The zero-order valence-corrected chi connectivity index (χ0v) is 11.3. The van der Waals surface area contributed by atoms with Gasteiger partial charge in [-0.2, -0.15) is 13.2 Å². The number of primary amides is 1. The smallest absolute Gasteiger partial charge is 0.387 e. The van der Waals surface area contributed by atoms with E-state index in [1.807, 2.05) is 0 Å². The highest BCUT2D eigenvalue weighted by Crippen LogP contribution is 2.31. The van der Waals surface area contributed by atoms with Gasteiger partial charge < -0.3 is 10.6 Å². The Labute approximate surface area is 122 Å². The Morgan fingerprint density at radius 2 is 2.33 bits per heavy atom. The van der Waals surface area contributed by atoms with Crippen LogP contribution < -0.4 is 16.0 Å². The number of halogens is 4. The van der Waals surface area contributed by atoms with E-state index in [1.54, 1.807) is 0 Å². The molecule has 6 nitrogen and oxygen atoms in total. The molecule has 0 aromatic carbocycles. The number of nitrogens with zero attached hydrogens (tertiary/aromatic N) is 1. The van der Waals surface area contributed by atoms with Crippen molar-refractivity contribution in [1.29, 1.82) is 0 Å². The molecule has 1 aromatic rings. The first-order valence-electron chi connectivity index (χ1n) is 5.82. The normalized spacial score (nSPS) is 18.1. The van der Waals surface area contributed by atoms with Crippen LogP contribution in [0.15, 0.2) is 17.4 Å². The monoisotopic (exact) mass is 323 g/mol. The maximum absolute atomic E-state index is 12.5. The number of hydrogen-bond acceptors (Lipinski definition) is 4. The molecule has 21 heavy (non-hydrogen) atoms. The summed E-state index contributed by atoms with van der Waals surface area (Å²) in [6.45, 7) is 0.196. The predicted octanol–water partition coefficient (Wildman–Crippen LogP) is 1.22. The first-order chi connectivity index (χ1) is 9.77. The van der Waals surface area contributed by atoms with Gasteiger partial charge in [-0.25, -0.2) is 4.98 Å². The molecule has 0 saturated carbocycles. The first kappa shape index (κ1) is 15.4. The van der Waals surface area contributed by atoms with Gasteiger partial charge in [0.25, 0.3) is 11.7 Å². The summed E-state index contributed by atoms with van der Waals surface area (Å²) in [6, 6.07) is 0.807. The zero-order chi connectivity index (χ0) is 15.6. The number of carbonyl (C=O) groups is 1. The summed E-state index contributed by atoms with van der Waals surface area (Å²) in [7, 11) is 0. The molecule has 4 N–H and O–H groups in total. The third kappa shape index (κ3) is 3.75. The standard InChI is InChI=1S/C11H10ClF3N4O2/c12-7-1-5(11(13,14)15)3-17-10(7)18-4-6-2-8(9(16)20)19-21-6/h1,3,6H,2,4H2,(H2,16,20)(H,17,18)/p+1/t6-/m0/s1. The molecule has 1 atom stereocenters. The molecule has 0 bridgehead atoms. The quantitative estimate of drug-likeness (QED) is 0.872. The molecule has 1 aliphatic heterocycles. The van der Waals surface area contributed by atoms with Crippen molar-refractivity contribution in [3.63, 3.8) is 0 Å². The third-order valence-electron chi connectivity index (χ3n) is 2.74. The molecule has 0 aliphatic carbocycles. The number of aromatic nitrogens is 1. The fourth-order valence-electron chi connectivity index (χ4n) is 1.67. The van der Waals surface area contributed by atoms with Gasteiger partial charge in [-0.05, 0) is 6.07 Å². The summed E-state index contributed by atoms with van der Waals surface area (Å²) in [5.41, 5.74) is 4.28. The van der Waals surface area contributed by atoms with Crippen molar-refractivity contribution in [2.24, 2.45) is 10.9 Å². The Morgan fingerprint density at radius 1 is 1.62 bits per heavy atom. The number of nitrogens with one attached hydrogen (secondary N) is 2. The Hall–Kier alpha value is -2.03. The second kappa shape index (κ2) is 5.76. The molecule has 0 fully saturated rings. The highest BCUT2D eigenvalue weighted by atomic mass is 35.5. The number of H-pyrrole nitrogens is 1. The van der Waals surface area contributed by atoms with Crippen LogP contribution in [0.4, 0.5) is 19.0 Å². The van der Waals surface area contributed by atoms with Crippen molar-refractivity contribution >= 4 is 29.0 Å². The number of pyridine rings is 1. The van der Waals surface area contributed by atoms with Crippen LogP contribution in [0.3, 0.4) is 0 Å². The Balaban J connectivity index is 1.95. The number of anilines is 1. The Bertz CT molecular complexity index is 591. The van der Waals surface area contributed by atoms with Crippen LogP contribution in [0.1, 0.15) is 12.0 Å². The van der Waals surface area contributed by atoms with Gasteiger partial charge in [-0.15, -0.1) is 0 Å². The van der Waals surface area contributed by atoms with Crippen LogP contribution in [0, 0.1) is 0 Å². The lowest BCUT2D eigenvalue weighted by Crippen LogP contribution is -2.27. The minimum absolute atomic E-state index is 0.112. The summed E-state index contributed by atoms with van der Waals surface area (Å²) >= 11 is 5.76. The topological polar surface area (TPSA) is 90.9 Å². The fourth-order valence-corrected chi connectivity index (χ4v) is 1.91. The van der Waals surface area contributed by atoms with E-state index in [-0.39, 0.29) is 29.5 Å². The lowest BCUT2D eigenvalue weighted by atomic mass is 10.2. The summed E-state index contributed by atoms with van der Waals surface area (Å²) in [6.07, 6.45) is -3.90. The van der Waals surface area contributed by atoms with Gasteiger partial charge in [-0.3, -0.25) is 10.1 Å². The van der Waals surface area contributed by atoms with Gasteiger partial charge in [0.1, 0.15) is 23.5 Å². The number of hydrogen-bond donors (Lipinski definition) is 2. The Morgan fingerprint density at radius 3 is 2.86 bits per heavy atom. The van der Waals surface area contributed by atoms with Crippen LogP contribution in [0.2, 0.25) is 5.02 Å². The highest BCUT2D eigenvalue weighted by Gasteiger charge is 2.33. The number of nitrogens with two attached hydrogens (primary N) is 1. The maximum Gasteiger partial charge on any atom is 0.419 e. The second-order valence-electron chi connectivity index (χ2n) is 4.32. The molecule has 2 heterocycles. The minimum Gasteiger partial charge on any atom is -0.387 e. The van der Waals surface area contributed by atoms with Crippen molar-refractivity contribution < 1.29 is 27.8 Å². The summed E-state index contributed by atoms with van der Waals surface area (Å²) in [4.78, 5) is 18.2. The molecule has 114 valence electrons. The minimum atomic E-state index is -4.47. The van der Waals surface area contributed by atoms with E-state index in [4.69, 9.17) is 22.2 Å². The number of oxime groups is 1. The largest absolute Gasteiger partial charge is 0.419 e. The van der Waals surface area contributed by atoms with E-state index in [2.05, 4.69) is 15.5 Å². The average molecular weight is 324 g/mol. The van der Waals surface area contributed by atoms with Crippen molar-refractivity contribution in [3.05, 3.63) is 22.8 Å². The lowest BCUT2D eigenvalue weighted by molar-refractivity contribution is -0.364. The highest BCUT2D eigenvalue weighted by molar-refractivity contribution is 6.38. The molecule has 0 saturated heterocycles. The van der Waals surface area contributed by atoms with E-state index in [0.717, 1.165) is 12.3 Å². The van der Waals surface area contributed by atoms with E-state index >= 15 is 0 Å². The maximum atomic E-state index is 12.5. The molecule has 1 amide bonds. The summed E-state index contributed by atoms with van der Waals surface area (Å²) < 4.78 is 37.4. The molecular weight excluding hydrogens is 313 g/mol. The van der Waals surface area contributed by atoms with Crippen LogP contribution in [0.25, 0.3) is 0 Å². The van der Waals surface area contributed by atoms with Crippen LogP contribution in [0.5, 0.6) is 0 Å². The molecule has 0 unspecified atom stereocenters. The SMILES string of the molecule is NC(=O)C1=NO[C@H](CNc2[nH+]cc(C(F)(F)F)cc2Cl)C1. The van der Waals surface area contributed by atoms with Gasteiger partial charge in [0.05, 0.1) is 5.56 Å². The molecule has 0 spiro atoms. The number of alkyl halides is 3. The van der Waals surface area contributed by atoms with E-state index in [0.29, 0.717) is 0 Å². The van der Waals surface area contributed by atoms with Gasteiger partial charge in [0.15, 0.2) is 6.10 Å². The van der Waals surface area contributed by atoms with Gasteiger partial charge in [0.2, 0.25) is 0 Å². The first-order valence-corrected chi connectivity index (χ1v) is 6.20. The number of amides is 1. The summed E-state index contributed by atoms with van der Waals surface area (Å²) in [5, 5.41) is 6.18. The molecule has 2 rings (SSSR count). The number of rotatable bonds is 4. The average Bonchev–Trinajstić information content (AvgIpc) is 2.85. The Kier molecular flexibility index (Phi) is 4.21. The number of aromatic amines is 1. The predicted molar refractivity (Wildman–Crippen MR) is 67.6 cm³/mol. The van der Waals surface area contributed by atoms with E-state index < -0.39 is 23.8 Å². The van der Waals surface area contributed by atoms with Gasteiger partial charge in [0, 0.05) is 6.42 Å². The fraction of sp³-hybridized carbons (Fsp3) is 0.364. The van der Waals surface area contributed by atoms with Crippen LogP contribution in [-0.4, -0.2) is 24.3 Å². The molecule has 1 aromatic heterocycles.